The lowest BCUT2D eigenvalue weighted by molar-refractivity contribution is 0.0132. The Kier molecular flexibility index (Phi) is 10.4. The molecule has 1 aromatic carbocycles. The fourth-order valence-electron chi connectivity index (χ4n) is 3.57. The van der Waals surface area contributed by atoms with E-state index in [0.717, 1.165) is 57.3 Å². The molecule has 164 valence electrons. The molecule has 0 spiro atoms. The number of nitrogens with zero attached hydrogens (tertiary/aromatic N) is 2. The number of benzene rings is 1. The Morgan fingerprint density at radius 1 is 1.28 bits per heavy atom. The summed E-state index contributed by atoms with van der Waals surface area (Å²) in [7, 11) is 1.57. The fraction of sp³-hybridized carbons (Fsp3) is 0.682. The molecule has 1 atom stereocenters. The number of hydrogen-bond acceptors (Lipinski definition) is 4. The van der Waals surface area contributed by atoms with Crippen molar-refractivity contribution in [3.63, 3.8) is 0 Å². The molecule has 0 amide bonds. The van der Waals surface area contributed by atoms with E-state index in [9.17, 15) is 4.39 Å². The lowest BCUT2D eigenvalue weighted by Gasteiger charge is -2.35. The lowest BCUT2D eigenvalue weighted by atomic mass is 10.0. The van der Waals surface area contributed by atoms with Crippen molar-refractivity contribution in [2.24, 2.45) is 10.9 Å². The molecule has 29 heavy (non-hydrogen) atoms. The number of aliphatic imine (C=N–C) groups is 1. The molecule has 0 saturated carbocycles. The van der Waals surface area contributed by atoms with E-state index >= 15 is 0 Å². The van der Waals surface area contributed by atoms with Gasteiger partial charge in [0.05, 0.1) is 26.4 Å². The topological polar surface area (TPSA) is 58.1 Å². The number of hydrogen-bond donors (Lipinski definition) is 2. The van der Waals surface area contributed by atoms with Gasteiger partial charge in [0.2, 0.25) is 0 Å². The Hall–Kier alpha value is -1.70. The molecule has 7 heteroatoms. The number of rotatable bonds is 10. The molecule has 1 saturated heterocycles. The second-order valence-corrected chi connectivity index (χ2v) is 7.87. The molecule has 1 fully saturated rings. The van der Waals surface area contributed by atoms with Crippen molar-refractivity contribution in [3.05, 3.63) is 35.1 Å². The zero-order valence-electron chi connectivity index (χ0n) is 18.3. The summed E-state index contributed by atoms with van der Waals surface area (Å²) in [5, 5.41) is 6.82. The van der Waals surface area contributed by atoms with Crippen molar-refractivity contribution < 1.29 is 13.9 Å². The maximum atomic E-state index is 13.8. The number of halogens is 1. The van der Waals surface area contributed by atoms with Gasteiger partial charge in [0, 0.05) is 44.9 Å². The third-order valence-corrected chi connectivity index (χ3v) is 4.98. The highest BCUT2D eigenvalue weighted by atomic mass is 19.1. The first-order valence-electron chi connectivity index (χ1n) is 10.6. The van der Waals surface area contributed by atoms with Gasteiger partial charge < -0.3 is 20.1 Å². The first-order chi connectivity index (χ1) is 14.0. The first-order valence-corrected chi connectivity index (χ1v) is 10.6. The largest absolute Gasteiger partial charge is 0.380 e. The zero-order chi connectivity index (χ0) is 21.1. The SMILES string of the molecule is CCNC(=NCc1ccc(F)c(COC)c1)NCC(CC(C)C)N1CCOCC1. The van der Waals surface area contributed by atoms with Crippen LogP contribution in [0.25, 0.3) is 0 Å². The first kappa shape index (κ1) is 23.6. The summed E-state index contributed by atoms with van der Waals surface area (Å²) in [5.74, 6) is 1.17. The molecule has 1 aromatic rings. The molecule has 0 aliphatic carbocycles. The quantitative estimate of drug-likeness (QED) is 0.461. The lowest BCUT2D eigenvalue weighted by Crippen LogP contribution is -2.51. The molecule has 2 N–H and O–H groups in total. The molecule has 0 bridgehead atoms. The van der Waals surface area contributed by atoms with Crippen molar-refractivity contribution in [1.82, 2.24) is 15.5 Å². The summed E-state index contributed by atoms with van der Waals surface area (Å²) in [4.78, 5) is 7.21. The van der Waals surface area contributed by atoms with Gasteiger partial charge in [-0.25, -0.2) is 9.38 Å². The molecule has 1 aliphatic heterocycles. The van der Waals surface area contributed by atoms with E-state index in [1.165, 1.54) is 6.07 Å². The highest BCUT2D eigenvalue weighted by molar-refractivity contribution is 5.79. The zero-order valence-corrected chi connectivity index (χ0v) is 18.3. The van der Waals surface area contributed by atoms with E-state index in [4.69, 9.17) is 14.5 Å². The Labute approximate surface area is 174 Å². The van der Waals surface area contributed by atoms with Crippen LogP contribution in [-0.4, -0.2) is 63.4 Å². The van der Waals surface area contributed by atoms with Gasteiger partial charge in [0.25, 0.3) is 0 Å². The van der Waals surface area contributed by atoms with Crippen LogP contribution in [0.4, 0.5) is 4.39 Å². The number of methoxy groups -OCH3 is 1. The molecule has 2 rings (SSSR count). The maximum Gasteiger partial charge on any atom is 0.191 e. The average molecular weight is 409 g/mol. The van der Waals surface area contributed by atoms with E-state index in [1.807, 2.05) is 6.07 Å². The summed E-state index contributed by atoms with van der Waals surface area (Å²) >= 11 is 0. The van der Waals surface area contributed by atoms with E-state index < -0.39 is 0 Å². The van der Waals surface area contributed by atoms with Crippen LogP contribution in [0, 0.1) is 11.7 Å². The summed E-state index contributed by atoms with van der Waals surface area (Å²) < 4.78 is 24.4. The van der Waals surface area contributed by atoms with Gasteiger partial charge in [-0.05, 0) is 37.0 Å². The van der Waals surface area contributed by atoms with Gasteiger partial charge in [-0.2, -0.15) is 0 Å². The predicted octanol–water partition coefficient (Wildman–Crippen LogP) is 2.77. The molecule has 6 nitrogen and oxygen atoms in total. The Bertz CT molecular complexity index is 633. The van der Waals surface area contributed by atoms with Gasteiger partial charge in [-0.15, -0.1) is 0 Å². The molecule has 0 radical (unpaired) electrons. The predicted molar refractivity (Wildman–Crippen MR) is 116 cm³/mol. The van der Waals surface area contributed by atoms with Crippen molar-refractivity contribution >= 4 is 5.96 Å². The van der Waals surface area contributed by atoms with Gasteiger partial charge in [-0.1, -0.05) is 19.9 Å². The van der Waals surface area contributed by atoms with Gasteiger partial charge in [0.1, 0.15) is 5.82 Å². The average Bonchev–Trinajstić information content (AvgIpc) is 2.71. The number of guanidine groups is 1. The number of nitrogens with one attached hydrogen (secondary N) is 2. The fourth-order valence-corrected chi connectivity index (χ4v) is 3.57. The maximum absolute atomic E-state index is 13.8. The summed E-state index contributed by atoms with van der Waals surface area (Å²) in [6.07, 6.45) is 1.13. The van der Waals surface area contributed by atoms with Crippen LogP contribution in [0.15, 0.2) is 23.2 Å². The molecular formula is C22H37FN4O2. The normalized spacial score (nSPS) is 16.8. The third-order valence-electron chi connectivity index (χ3n) is 4.98. The molecule has 1 aliphatic rings. The Balaban J connectivity index is 2.00. The number of ether oxygens (including phenoxy) is 2. The van der Waals surface area contributed by atoms with Crippen molar-refractivity contribution in [2.45, 2.75) is 46.4 Å². The highest BCUT2D eigenvalue weighted by Gasteiger charge is 2.22. The molecule has 1 heterocycles. The van der Waals surface area contributed by atoms with Gasteiger partial charge in [-0.3, -0.25) is 4.90 Å². The van der Waals surface area contributed by atoms with Gasteiger partial charge in [0.15, 0.2) is 5.96 Å². The summed E-state index contributed by atoms with van der Waals surface area (Å²) in [6.45, 7) is 12.5. The van der Waals surface area contributed by atoms with Crippen LogP contribution in [0.1, 0.15) is 38.3 Å². The summed E-state index contributed by atoms with van der Waals surface area (Å²) in [5.41, 5.74) is 1.52. The monoisotopic (exact) mass is 408 g/mol. The minimum atomic E-state index is -0.244. The highest BCUT2D eigenvalue weighted by Crippen LogP contribution is 2.14. The van der Waals surface area contributed by atoms with Crippen LogP contribution < -0.4 is 10.6 Å². The minimum Gasteiger partial charge on any atom is -0.380 e. The minimum absolute atomic E-state index is 0.244. The Morgan fingerprint density at radius 3 is 2.69 bits per heavy atom. The molecule has 1 unspecified atom stereocenters. The van der Waals surface area contributed by atoms with Gasteiger partial charge >= 0.3 is 0 Å². The van der Waals surface area contributed by atoms with Crippen LogP contribution in [0.2, 0.25) is 0 Å². The van der Waals surface area contributed by atoms with E-state index in [1.54, 1.807) is 13.2 Å². The van der Waals surface area contributed by atoms with E-state index in [2.05, 4.69) is 36.3 Å². The van der Waals surface area contributed by atoms with Crippen LogP contribution in [-0.2, 0) is 22.6 Å². The third kappa shape index (κ3) is 8.28. The van der Waals surface area contributed by atoms with E-state index in [-0.39, 0.29) is 12.4 Å². The second-order valence-electron chi connectivity index (χ2n) is 7.87. The van der Waals surface area contributed by atoms with Crippen molar-refractivity contribution in [1.29, 1.82) is 0 Å². The standard InChI is InChI=1S/C22H37FN4O2/c1-5-24-22(25-14-18-6-7-21(23)19(13-18)16-28-4)26-15-20(12-17(2)3)27-8-10-29-11-9-27/h6-7,13,17,20H,5,8-12,14-16H2,1-4H3,(H2,24,25,26). The van der Waals surface area contributed by atoms with Crippen molar-refractivity contribution in [2.75, 3.05) is 46.5 Å². The van der Waals surface area contributed by atoms with Crippen LogP contribution in [0.3, 0.4) is 0 Å². The Morgan fingerprint density at radius 2 is 2.03 bits per heavy atom. The number of morpholine rings is 1. The van der Waals surface area contributed by atoms with E-state index in [0.29, 0.717) is 24.1 Å². The smallest absolute Gasteiger partial charge is 0.191 e. The second kappa shape index (κ2) is 12.8. The molecule has 0 aromatic heterocycles. The van der Waals surface area contributed by atoms with Crippen LogP contribution in [0.5, 0.6) is 0 Å². The van der Waals surface area contributed by atoms with Crippen molar-refractivity contribution in [3.8, 4) is 0 Å². The summed E-state index contributed by atoms with van der Waals surface area (Å²) in [6, 6.07) is 5.52. The molecular weight excluding hydrogens is 371 g/mol. The van der Waals surface area contributed by atoms with Crippen LogP contribution >= 0.6 is 0 Å².